The molecule has 0 saturated heterocycles. The zero-order valence-corrected chi connectivity index (χ0v) is 13.5. The van der Waals surface area contributed by atoms with E-state index in [1.165, 1.54) is 6.08 Å². The molecule has 118 valence electrons. The number of hydrogen-bond acceptors (Lipinski definition) is 5. The molecule has 0 bridgehead atoms. The van der Waals surface area contributed by atoms with Crippen molar-refractivity contribution in [3.8, 4) is 0 Å². The third kappa shape index (κ3) is 15.2. The second-order valence-electron chi connectivity index (χ2n) is 3.59. The minimum atomic E-state index is -0.838. The van der Waals surface area contributed by atoms with Crippen molar-refractivity contribution in [2.24, 2.45) is 16.8 Å². The number of hydrogen-bond donors (Lipinski definition) is 1. The Morgan fingerprint density at radius 1 is 1.25 bits per heavy atom. The fourth-order valence-corrected chi connectivity index (χ4v) is 0.767. The molecule has 2 atom stereocenters. The second kappa shape index (κ2) is 16.2. The van der Waals surface area contributed by atoms with E-state index in [4.69, 9.17) is 33.0 Å². The van der Waals surface area contributed by atoms with E-state index >= 15 is 0 Å². The van der Waals surface area contributed by atoms with Crippen LogP contribution in [-0.4, -0.2) is 48.0 Å². The van der Waals surface area contributed by atoms with E-state index in [9.17, 15) is 14.4 Å². The van der Waals surface area contributed by atoms with E-state index in [-0.39, 0.29) is 49.2 Å². The maximum atomic E-state index is 10.9. The summed E-state index contributed by atoms with van der Waals surface area (Å²) in [6.45, 7) is 3.49. The molecule has 0 aromatic rings. The first-order valence-electron chi connectivity index (χ1n) is 5.45. The lowest BCUT2D eigenvalue weighted by Gasteiger charge is -2.05. The summed E-state index contributed by atoms with van der Waals surface area (Å²) >= 11 is 10.6. The van der Waals surface area contributed by atoms with E-state index in [1.807, 2.05) is 0 Å². The molecule has 0 amide bonds. The van der Waals surface area contributed by atoms with E-state index in [2.05, 4.69) is 4.99 Å². The van der Waals surface area contributed by atoms with E-state index in [0.717, 1.165) is 0 Å². The number of halogens is 3. The molecule has 1 N–H and O–H groups in total. The summed E-state index contributed by atoms with van der Waals surface area (Å²) < 4.78 is 4.70. The molecular weight excluding hydrogens is 332 g/mol. The molecule has 0 aromatic carbocycles. The number of carboxylic acid groups (broad SMARTS) is 1. The van der Waals surface area contributed by atoms with Gasteiger partial charge in [-0.3, -0.25) is 9.59 Å². The monoisotopic (exact) mass is 349 g/mol. The third-order valence-corrected chi connectivity index (χ3v) is 2.72. The minimum absolute atomic E-state index is 0. The molecule has 6 nitrogen and oxygen atoms in total. The first-order valence-corrected chi connectivity index (χ1v) is 6.52. The third-order valence-electron chi connectivity index (χ3n) is 1.80. The normalized spacial score (nSPS) is 11.6. The second-order valence-corrected chi connectivity index (χ2v) is 4.21. The summed E-state index contributed by atoms with van der Waals surface area (Å²) in [5.74, 6) is -1.51. The van der Waals surface area contributed by atoms with Gasteiger partial charge in [0.1, 0.15) is 6.61 Å². The van der Waals surface area contributed by atoms with Crippen LogP contribution in [0.5, 0.6) is 0 Å². The Bertz CT molecular complexity index is 321. The number of carbonyl (C=O) groups is 2. The van der Waals surface area contributed by atoms with Crippen molar-refractivity contribution < 1.29 is 24.2 Å². The Labute approximate surface area is 133 Å². The number of carboxylic acids is 1. The van der Waals surface area contributed by atoms with Gasteiger partial charge in [-0.2, -0.15) is 0 Å². The van der Waals surface area contributed by atoms with Gasteiger partial charge in [-0.1, -0.05) is 13.8 Å². The lowest BCUT2D eigenvalue weighted by Crippen LogP contribution is -2.17. The summed E-state index contributed by atoms with van der Waals surface area (Å²) in [4.78, 5) is 33.5. The summed E-state index contributed by atoms with van der Waals surface area (Å²) in [7, 11) is 0. The zero-order valence-electron chi connectivity index (χ0n) is 11.2. The van der Waals surface area contributed by atoms with Crippen LogP contribution in [0.15, 0.2) is 4.99 Å². The molecule has 0 saturated carbocycles. The van der Waals surface area contributed by atoms with Gasteiger partial charge in [-0.15, -0.1) is 35.6 Å². The first kappa shape index (κ1) is 24.2. The lowest BCUT2D eigenvalue weighted by atomic mass is 10.2. The van der Waals surface area contributed by atoms with E-state index in [0.29, 0.717) is 0 Å². The number of alkyl halides is 2. The SMILES string of the molecule is CC(CCl)C(=O)O.CC(CCl)C(=O)OCCN=C=O.Cl. The Morgan fingerprint density at radius 3 is 2.05 bits per heavy atom. The van der Waals surface area contributed by atoms with Crippen molar-refractivity contribution in [3.05, 3.63) is 0 Å². The quantitative estimate of drug-likeness (QED) is 0.249. The maximum absolute atomic E-state index is 10.9. The Hall–Kier alpha value is -0.810. The summed E-state index contributed by atoms with van der Waals surface area (Å²) in [6.07, 6.45) is 1.34. The van der Waals surface area contributed by atoms with E-state index < -0.39 is 11.9 Å². The highest BCUT2D eigenvalue weighted by molar-refractivity contribution is 6.19. The topological polar surface area (TPSA) is 93.0 Å². The first-order chi connectivity index (χ1) is 8.90. The van der Waals surface area contributed by atoms with E-state index in [1.54, 1.807) is 13.8 Å². The number of aliphatic imine (C=N–C) groups is 1. The van der Waals surface area contributed by atoms with Crippen molar-refractivity contribution in [2.75, 3.05) is 24.9 Å². The Morgan fingerprint density at radius 2 is 1.75 bits per heavy atom. The number of isocyanates is 1. The maximum Gasteiger partial charge on any atom is 0.309 e. The van der Waals surface area contributed by atoms with Crippen LogP contribution in [0, 0.1) is 11.8 Å². The molecule has 0 heterocycles. The summed E-state index contributed by atoms with van der Waals surface area (Å²) in [5.41, 5.74) is 0. The van der Waals surface area contributed by atoms with Crippen molar-refractivity contribution in [1.29, 1.82) is 0 Å². The van der Waals surface area contributed by atoms with Crippen LogP contribution in [0.3, 0.4) is 0 Å². The molecule has 0 aliphatic rings. The van der Waals surface area contributed by atoms with Gasteiger partial charge in [0, 0.05) is 11.8 Å². The molecule has 0 aliphatic carbocycles. The number of ether oxygens (including phenoxy) is 1. The summed E-state index contributed by atoms with van der Waals surface area (Å²) in [5, 5.41) is 8.10. The Kier molecular flexibility index (Phi) is 19.7. The fourth-order valence-electron chi connectivity index (χ4n) is 0.509. The van der Waals surface area contributed by atoms with Gasteiger partial charge in [-0.25, -0.2) is 9.79 Å². The number of esters is 1. The summed E-state index contributed by atoms with van der Waals surface area (Å²) in [6, 6.07) is 0. The number of aliphatic carboxylic acids is 1. The van der Waals surface area contributed by atoms with Gasteiger partial charge in [0.25, 0.3) is 0 Å². The van der Waals surface area contributed by atoms with Crippen LogP contribution in [0.25, 0.3) is 0 Å². The molecular formula is C11H18Cl3NO5. The average Bonchev–Trinajstić information content (AvgIpc) is 2.41. The van der Waals surface area contributed by atoms with Gasteiger partial charge in [-0.05, 0) is 0 Å². The van der Waals surface area contributed by atoms with Crippen LogP contribution in [-0.2, 0) is 19.1 Å². The molecule has 9 heteroatoms. The average molecular weight is 351 g/mol. The van der Waals surface area contributed by atoms with Gasteiger partial charge in [0.15, 0.2) is 0 Å². The Balaban J connectivity index is -0.000000312. The molecule has 0 aromatic heterocycles. The van der Waals surface area contributed by atoms with Crippen molar-refractivity contribution >= 4 is 53.6 Å². The predicted molar refractivity (Wildman–Crippen MR) is 78.6 cm³/mol. The van der Waals surface area contributed by atoms with Crippen LogP contribution in [0.2, 0.25) is 0 Å². The van der Waals surface area contributed by atoms with Crippen LogP contribution >= 0.6 is 35.6 Å². The molecule has 0 rings (SSSR count). The lowest BCUT2D eigenvalue weighted by molar-refractivity contribution is -0.146. The zero-order chi connectivity index (χ0) is 15.3. The largest absolute Gasteiger partial charge is 0.481 e. The molecule has 0 aliphatic heterocycles. The highest BCUT2D eigenvalue weighted by Crippen LogP contribution is 2.00. The van der Waals surface area contributed by atoms with Gasteiger partial charge in [0.05, 0.1) is 18.4 Å². The standard InChI is InChI=1S/C7H10ClNO3.C4H7ClO2.ClH/c1-6(4-8)7(11)12-3-2-9-5-10;1-3(2-5)4(6)7;/h6H,2-4H2,1H3;3H,2H2,1H3,(H,6,7);1H. The van der Waals surface area contributed by atoms with Gasteiger partial charge < -0.3 is 9.84 Å². The van der Waals surface area contributed by atoms with Gasteiger partial charge >= 0.3 is 11.9 Å². The number of carbonyl (C=O) groups excluding carboxylic acids is 2. The fraction of sp³-hybridized carbons (Fsp3) is 0.727. The van der Waals surface area contributed by atoms with Crippen LogP contribution in [0.4, 0.5) is 0 Å². The van der Waals surface area contributed by atoms with Crippen molar-refractivity contribution in [1.82, 2.24) is 0 Å². The molecule has 20 heavy (non-hydrogen) atoms. The molecule has 2 unspecified atom stereocenters. The van der Waals surface area contributed by atoms with Gasteiger partial charge in [0.2, 0.25) is 6.08 Å². The number of nitrogens with zero attached hydrogens (tertiary/aromatic N) is 1. The smallest absolute Gasteiger partial charge is 0.309 e. The minimum Gasteiger partial charge on any atom is -0.481 e. The van der Waals surface area contributed by atoms with Crippen molar-refractivity contribution in [3.63, 3.8) is 0 Å². The highest BCUT2D eigenvalue weighted by atomic mass is 35.5. The van der Waals surface area contributed by atoms with Crippen LogP contribution in [0.1, 0.15) is 13.8 Å². The molecule has 0 fully saturated rings. The predicted octanol–water partition coefficient (Wildman–Crippen LogP) is 2.11. The highest BCUT2D eigenvalue weighted by Gasteiger charge is 2.11. The van der Waals surface area contributed by atoms with Crippen LogP contribution < -0.4 is 0 Å². The number of rotatable bonds is 7. The molecule has 0 radical (unpaired) electrons. The van der Waals surface area contributed by atoms with Crippen molar-refractivity contribution in [2.45, 2.75) is 13.8 Å². The molecule has 0 spiro atoms.